The number of carbonyl (C=O) groups is 2. The van der Waals surface area contributed by atoms with Crippen LogP contribution in [0.25, 0.3) is 6.08 Å². The molecule has 160 valence electrons. The lowest BCUT2D eigenvalue weighted by molar-refractivity contribution is -0.113. The van der Waals surface area contributed by atoms with E-state index in [0.29, 0.717) is 16.4 Å². The van der Waals surface area contributed by atoms with Gasteiger partial charge in [0.2, 0.25) is 0 Å². The molecule has 0 N–H and O–H groups in total. The highest BCUT2D eigenvalue weighted by molar-refractivity contribution is 8.14. The van der Waals surface area contributed by atoms with Gasteiger partial charge in [-0.15, -0.1) is 0 Å². The monoisotopic (exact) mass is 444 g/mol. The second-order valence-electron chi connectivity index (χ2n) is 7.48. The average molecular weight is 445 g/mol. The minimum absolute atomic E-state index is 0.0362. The molecule has 4 rings (SSSR count). The van der Waals surface area contributed by atoms with Crippen molar-refractivity contribution in [2.24, 2.45) is 4.99 Å². The van der Waals surface area contributed by atoms with Crippen molar-refractivity contribution in [1.82, 2.24) is 0 Å². The molecule has 3 aromatic rings. The normalized spacial score (nSPS) is 14.7. The van der Waals surface area contributed by atoms with Crippen molar-refractivity contribution in [2.75, 3.05) is 10.7 Å². The molecule has 1 aliphatic rings. The molecule has 0 saturated heterocycles. The third-order valence-electron chi connectivity index (χ3n) is 5.04. The molecular formula is C26H21FN2O2S. The lowest BCUT2D eigenvalue weighted by Gasteiger charge is -2.17. The molecule has 0 aromatic heterocycles. The standard InChI is InChI=1S/C26H21FN2O2S/c1-17-8-9-18(2)22(14-17)24(30)16-32-26-28-23(15-19-6-4-3-5-7-19)25(31)29(26)21-12-10-20(27)11-13-21/h3-15H,16H2,1-2H3. The summed E-state index contributed by atoms with van der Waals surface area (Å²) in [5.41, 5.74) is 4.19. The first-order valence-corrected chi connectivity index (χ1v) is 11.1. The number of benzene rings is 3. The molecule has 1 heterocycles. The van der Waals surface area contributed by atoms with Crippen LogP contribution in [0, 0.1) is 19.7 Å². The SMILES string of the molecule is Cc1ccc(C)c(C(=O)CSC2=NC(=Cc3ccccc3)C(=O)N2c2ccc(F)cc2)c1. The molecule has 0 saturated carbocycles. The Hall–Kier alpha value is -3.51. The zero-order chi connectivity index (χ0) is 22.7. The molecule has 0 fully saturated rings. The molecule has 3 aromatic carbocycles. The number of aliphatic imine (C=N–C) groups is 1. The minimum Gasteiger partial charge on any atom is -0.293 e. The van der Waals surface area contributed by atoms with Gasteiger partial charge in [0, 0.05) is 5.56 Å². The van der Waals surface area contributed by atoms with Gasteiger partial charge in [0.15, 0.2) is 11.0 Å². The Kier molecular flexibility index (Phi) is 6.32. The maximum absolute atomic E-state index is 13.4. The maximum atomic E-state index is 13.4. The fraction of sp³-hybridized carbons (Fsp3) is 0.115. The number of hydrogen-bond donors (Lipinski definition) is 0. The van der Waals surface area contributed by atoms with Gasteiger partial charge in [-0.2, -0.15) is 0 Å². The van der Waals surface area contributed by atoms with Gasteiger partial charge in [-0.25, -0.2) is 9.38 Å². The topological polar surface area (TPSA) is 49.7 Å². The van der Waals surface area contributed by atoms with Gasteiger partial charge in [0.25, 0.3) is 5.91 Å². The van der Waals surface area contributed by atoms with Gasteiger partial charge >= 0.3 is 0 Å². The molecule has 1 amide bonds. The largest absolute Gasteiger partial charge is 0.293 e. The van der Waals surface area contributed by atoms with E-state index >= 15 is 0 Å². The van der Waals surface area contributed by atoms with E-state index in [-0.39, 0.29) is 23.1 Å². The van der Waals surface area contributed by atoms with E-state index < -0.39 is 5.82 Å². The van der Waals surface area contributed by atoms with Crippen molar-refractivity contribution < 1.29 is 14.0 Å². The fourth-order valence-corrected chi connectivity index (χ4v) is 4.26. The quantitative estimate of drug-likeness (QED) is 0.369. The van der Waals surface area contributed by atoms with E-state index in [1.54, 1.807) is 6.08 Å². The molecule has 1 aliphatic heterocycles. The summed E-state index contributed by atoms with van der Waals surface area (Å²) in [5, 5.41) is 0.391. The van der Waals surface area contributed by atoms with E-state index in [9.17, 15) is 14.0 Å². The number of carbonyl (C=O) groups excluding carboxylic acids is 2. The van der Waals surface area contributed by atoms with Crippen LogP contribution < -0.4 is 4.90 Å². The van der Waals surface area contributed by atoms with Crippen molar-refractivity contribution in [1.29, 1.82) is 0 Å². The molecule has 4 nitrogen and oxygen atoms in total. The molecule has 0 bridgehead atoms. The summed E-state index contributed by atoms with van der Waals surface area (Å²) in [7, 11) is 0. The predicted molar refractivity (Wildman–Crippen MR) is 128 cm³/mol. The second-order valence-corrected chi connectivity index (χ2v) is 8.42. The number of hydrogen-bond acceptors (Lipinski definition) is 4. The number of halogens is 1. The smallest absolute Gasteiger partial charge is 0.283 e. The minimum atomic E-state index is -0.392. The lowest BCUT2D eigenvalue weighted by atomic mass is 10.0. The van der Waals surface area contributed by atoms with Crippen LogP contribution in [-0.4, -0.2) is 22.6 Å². The van der Waals surface area contributed by atoms with E-state index in [0.717, 1.165) is 16.7 Å². The number of amides is 1. The number of Topliss-reactive ketones (excluding diaryl/α,β-unsaturated/α-hetero) is 1. The van der Waals surface area contributed by atoms with Crippen LogP contribution in [0.1, 0.15) is 27.0 Å². The zero-order valence-corrected chi connectivity index (χ0v) is 18.5. The third kappa shape index (κ3) is 4.70. The number of nitrogens with zero attached hydrogens (tertiary/aromatic N) is 2. The third-order valence-corrected chi connectivity index (χ3v) is 5.98. The zero-order valence-electron chi connectivity index (χ0n) is 17.7. The average Bonchev–Trinajstić information content (AvgIpc) is 3.10. The number of rotatable bonds is 5. The summed E-state index contributed by atoms with van der Waals surface area (Å²) in [6.07, 6.45) is 1.71. The first-order chi connectivity index (χ1) is 15.4. The highest BCUT2D eigenvalue weighted by Crippen LogP contribution is 2.30. The number of ketones is 1. The van der Waals surface area contributed by atoms with Crippen molar-refractivity contribution in [3.63, 3.8) is 0 Å². The Morgan fingerprint density at radius 2 is 1.75 bits per heavy atom. The second kappa shape index (κ2) is 9.32. The number of anilines is 1. The molecule has 0 atom stereocenters. The van der Waals surface area contributed by atoms with Gasteiger partial charge in [0.1, 0.15) is 11.5 Å². The highest BCUT2D eigenvalue weighted by Gasteiger charge is 2.32. The Morgan fingerprint density at radius 1 is 1.03 bits per heavy atom. The van der Waals surface area contributed by atoms with Gasteiger partial charge < -0.3 is 0 Å². The Balaban J connectivity index is 1.63. The van der Waals surface area contributed by atoms with E-state index in [1.807, 2.05) is 62.4 Å². The molecule has 0 aliphatic carbocycles. The van der Waals surface area contributed by atoms with Crippen LogP contribution in [-0.2, 0) is 4.79 Å². The van der Waals surface area contributed by atoms with Gasteiger partial charge in [-0.1, -0.05) is 59.8 Å². The van der Waals surface area contributed by atoms with Gasteiger partial charge in [-0.05, 0) is 61.4 Å². The maximum Gasteiger partial charge on any atom is 0.283 e. The summed E-state index contributed by atoms with van der Waals surface area (Å²) in [4.78, 5) is 32.0. The summed E-state index contributed by atoms with van der Waals surface area (Å²) in [6, 6.07) is 20.8. The summed E-state index contributed by atoms with van der Waals surface area (Å²) in [6.45, 7) is 3.85. The summed E-state index contributed by atoms with van der Waals surface area (Å²) < 4.78 is 13.4. The van der Waals surface area contributed by atoms with Crippen molar-refractivity contribution in [2.45, 2.75) is 13.8 Å². The number of aryl methyl sites for hydroxylation is 2. The predicted octanol–water partition coefficient (Wildman–Crippen LogP) is 5.80. The summed E-state index contributed by atoms with van der Waals surface area (Å²) in [5.74, 6) is -0.614. The van der Waals surface area contributed by atoms with Crippen LogP contribution in [0.3, 0.4) is 0 Å². The van der Waals surface area contributed by atoms with Crippen molar-refractivity contribution in [3.05, 3.63) is 107 Å². The Bertz CT molecular complexity index is 1230. The van der Waals surface area contributed by atoms with E-state index in [4.69, 9.17) is 0 Å². The number of amidine groups is 1. The summed E-state index contributed by atoms with van der Waals surface area (Å²) >= 11 is 1.20. The first kappa shape index (κ1) is 21.7. The van der Waals surface area contributed by atoms with Crippen LogP contribution in [0.5, 0.6) is 0 Å². The molecule has 0 unspecified atom stereocenters. The van der Waals surface area contributed by atoms with E-state index in [2.05, 4.69) is 4.99 Å². The van der Waals surface area contributed by atoms with Gasteiger partial charge in [-0.3, -0.25) is 14.5 Å². The molecule has 32 heavy (non-hydrogen) atoms. The molecular weight excluding hydrogens is 423 g/mol. The van der Waals surface area contributed by atoms with Crippen LogP contribution in [0.2, 0.25) is 0 Å². The van der Waals surface area contributed by atoms with Crippen molar-refractivity contribution >= 4 is 40.4 Å². The number of thioether (sulfide) groups is 1. The fourth-order valence-electron chi connectivity index (χ4n) is 3.36. The first-order valence-electron chi connectivity index (χ1n) is 10.1. The van der Waals surface area contributed by atoms with Crippen LogP contribution in [0.4, 0.5) is 10.1 Å². The molecule has 0 spiro atoms. The molecule has 6 heteroatoms. The van der Waals surface area contributed by atoms with Crippen LogP contribution in [0.15, 0.2) is 83.5 Å². The Labute approximate surface area is 190 Å². The van der Waals surface area contributed by atoms with Crippen LogP contribution >= 0.6 is 11.8 Å². The van der Waals surface area contributed by atoms with Crippen molar-refractivity contribution in [3.8, 4) is 0 Å². The molecule has 0 radical (unpaired) electrons. The lowest BCUT2D eigenvalue weighted by Crippen LogP contribution is -2.30. The Morgan fingerprint density at radius 3 is 2.47 bits per heavy atom. The highest BCUT2D eigenvalue weighted by atomic mass is 32.2. The van der Waals surface area contributed by atoms with E-state index in [1.165, 1.54) is 40.9 Å². The van der Waals surface area contributed by atoms with Gasteiger partial charge in [0.05, 0.1) is 11.4 Å².